The average molecular weight is 316 g/mol. The van der Waals surface area contributed by atoms with Crippen molar-refractivity contribution in [2.75, 3.05) is 13.1 Å². The molecule has 0 unspecified atom stereocenters. The Kier molecular flexibility index (Phi) is 4.11. The van der Waals surface area contributed by atoms with E-state index in [0.717, 1.165) is 21.8 Å². The van der Waals surface area contributed by atoms with Gasteiger partial charge in [0.05, 0.1) is 4.88 Å². The van der Waals surface area contributed by atoms with Crippen molar-refractivity contribution < 1.29 is 14.3 Å². The summed E-state index contributed by atoms with van der Waals surface area (Å²) in [4.78, 5) is 24.7. The van der Waals surface area contributed by atoms with E-state index < -0.39 is 0 Å². The molecule has 2 N–H and O–H groups in total. The third kappa shape index (κ3) is 2.96. The highest BCUT2D eigenvalue weighted by Gasteiger charge is 2.22. The molecule has 1 aliphatic rings. The molecule has 2 amide bonds. The second-order valence-electron chi connectivity index (χ2n) is 4.99. The number of benzene rings is 1. The number of amides is 2. The third-order valence-corrected chi connectivity index (χ3v) is 4.54. The Morgan fingerprint density at radius 1 is 1.23 bits per heavy atom. The normalized spacial score (nSPS) is 11.9. The lowest BCUT2D eigenvalue weighted by Gasteiger charge is -2.16. The maximum atomic E-state index is 12.2. The van der Waals surface area contributed by atoms with Crippen LogP contribution in [-0.2, 0) is 11.4 Å². The maximum absolute atomic E-state index is 12.2. The molecule has 0 saturated heterocycles. The van der Waals surface area contributed by atoms with Gasteiger partial charge in [0.2, 0.25) is 5.91 Å². The van der Waals surface area contributed by atoms with Crippen LogP contribution in [0, 0.1) is 0 Å². The van der Waals surface area contributed by atoms with E-state index in [1.165, 1.54) is 18.3 Å². The topological polar surface area (TPSA) is 67.4 Å². The highest BCUT2D eigenvalue weighted by molar-refractivity contribution is 7.17. The number of hydrogen-bond acceptors (Lipinski definition) is 4. The fourth-order valence-electron chi connectivity index (χ4n) is 2.31. The van der Waals surface area contributed by atoms with Gasteiger partial charge in [-0.15, -0.1) is 11.3 Å². The van der Waals surface area contributed by atoms with Gasteiger partial charge in [0, 0.05) is 36.0 Å². The summed E-state index contributed by atoms with van der Waals surface area (Å²) in [6.45, 7) is 2.78. The number of para-hydroxylation sites is 1. The monoisotopic (exact) mass is 316 g/mol. The second kappa shape index (κ2) is 6.19. The predicted octanol–water partition coefficient (Wildman–Crippen LogP) is 2.17. The first kappa shape index (κ1) is 14.6. The highest BCUT2D eigenvalue weighted by Crippen LogP contribution is 2.42. The van der Waals surface area contributed by atoms with Gasteiger partial charge in [0.25, 0.3) is 5.91 Å². The van der Waals surface area contributed by atoms with Crippen LogP contribution in [0.15, 0.2) is 30.3 Å². The SMILES string of the molecule is CC(=O)NCCNC(=O)c1cc2c(s1)-c1ccccc1OC2. The highest BCUT2D eigenvalue weighted by atomic mass is 32.1. The van der Waals surface area contributed by atoms with E-state index in [0.29, 0.717) is 24.6 Å². The molecule has 114 valence electrons. The molecule has 22 heavy (non-hydrogen) atoms. The van der Waals surface area contributed by atoms with E-state index in [9.17, 15) is 9.59 Å². The van der Waals surface area contributed by atoms with E-state index in [4.69, 9.17) is 4.74 Å². The van der Waals surface area contributed by atoms with Crippen LogP contribution in [0.2, 0.25) is 0 Å². The molecule has 0 spiro atoms. The first-order valence-electron chi connectivity index (χ1n) is 7.02. The summed E-state index contributed by atoms with van der Waals surface area (Å²) in [5, 5.41) is 5.45. The Labute approximate surface area is 132 Å². The molecular formula is C16H16N2O3S. The van der Waals surface area contributed by atoms with E-state index in [-0.39, 0.29) is 11.8 Å². The summed E-state index contributed by atoms with van der Waals surface area (Å²) >= 11 is 1.47. The molecule has 0 saturated carbocycles. The fraction of sp³-hybridized carbons (Fsp3) is 0.250. The third-order valence-electron chi connectivity index (χ3n) is 3.33. The van der Waals surface area contributed by atoms with Crippen molar-refractivity contribution in [2.24, 2.45) is 0 Å². The summed E-state index contributed by atoms with van der Waals surface area (Å²) in [5.74, 6) is 0.631. The molecular weight excluding hydrogens is 300 g/mol. The Balaban J connectivity index is 1.71. The van der Waals surface area contributed by atoms with Gasteiger partial charge >= 0.3 is 0 Å². The van der Waals surface area contributed by atoms with Gasteiger partial charge in [-0.05, 0) is 18.2 Å². The molecule has 6 heteroatoms. The summed E-state index contributed by atoms with van der Waals surface area (Å²) in [6.07, 6.45) is 0. The molecule has 1 aromatic carbocycles. The quantitative estimate of drug-likeness (QED) is 0.850. The number of thiophene rings is 1. The lowest BCUT2D eigenvalue weighted by molar-refractivity contribution is -0.118. The van der Waals surface area contributed by atoms with E-state index in [2.05, 4.69) is 10.6 Å². The molecule has 3 rings (SSSR count). The van der Waals surface area contributed by atoms with Crippen LogP contribution >= 0.6 is 11.3 Å². The van der Waals surface area contributed by atoms with Crippen molar-refractivity contribution in [3.8, 4) is 16.2 Å². The number of nitrogens with one attached hydrogen (secondary N) is 2. The van der Waals surface area contributed by atoms with Gasteiger partial charge in [-0.25, -0.2) is 0 Å². The summed E-state index contributed by atoms with van der Waals surface area (Å²) < 4.78 is 5.70. The van der Waals surface area contributed by atoms with Crippen LogP contribution in [-0.4, -0.2) is 24.9 Å². The van der Waals surface area contributed by atoms with Crippen molar-refractivity contribution in [1.82, 2.24) is 10.6 Å². The van der Waals surface area contributed by atoms with Crippen molar-refractivity contribution in [3.05, 3.63) is 40.8 Å². The van der Waals surface area contributed by atoms with Gasteiger partial charge in [-0.2, -0.15) is 0 Å². The Bertz CT molecular complexity index is 724. The van der Waals surface area contributed by atoms with Gasteiger partial charge < -0.3 is 15.4 Å². The lowest BCUT2D eigenvalue weighted by Crippen LogP contribution is -2.33. The summed E-state index contributed by atoms with van der Waals surface area (Å²) in [7, 11) is 0. The number of rotatable bonds is 4. The van der Waals surface area contributed by atoms with E-state index in [1.54, 1.807) is 0 Å². The number of hydrogen-bond donors (Lipinski definition) is 2. The number of carbonyl (C=O) groups is 2. The van der Waals surface area contributed by atoms with E-state index in [1.807, 2.05) is 30.3 Å². The van der Waals surface area contributed by atoms with Crippen LogP contribution in [0.25, 0.3) is 10.4 Å². The zero-order chi connectivity index (χ0) is 15.5. The molecule has 0 fully saturated rings. The zero-order valence-corrected chi connectivity index (χ0v) is 13.0. The molecule has 5 nitrogen and oxygen atoms in total. The smallest absolute Gasteiger partial charge is 0.261 e. The largest absolute Gasteiger partial charge is 0.488 e. The molecule has 1 aliphatic heterocycles. The minimum atomic E-state index is -0.123. The van der Waals surface area contributed by atoms with Crippen LogP contribution in [0.3, 0.4) is 0 Å². The Morgan fingerprint density at radius 3 is 2.82 bits per heavy atom. The van der Waals surface area contributed by atoms with Gasteiger partial charge in [0.1, 0.15) is 12.4 Å². The first-order valence-corrected chi connectivity index (χ1v) is 7.84. The van der Waals surface area contributed by atoms with Crippen LogP contribution in [0.1, 0.15) is 22.2 Å². The number of fused-ring (bicyclic) bond motifs is 3. The minimum Gasteiger partial charge on any atom is -0.488 e. The summed E-state index contributed by atoms with van der Waals surface area (Å²) in [5.41, 5.74) is 2.07. The minimum absolute atomic E-state index is 0.102. The Hall–Kier alpha value is -2.34. The lowest BCUT2D eigenvalue weighted by atomic mass is 10.1. The molecule has 0 bridgehead atoms. The zero-order valence-electron chi connectivity index (χ0n) is 12.1. The fourth-order valence-corrected chi connectivity index (χ4v) is 3.43. The molecule has 0 atom stereocenters. The van der Waals surface area contributed by atoms with Crippen LogP contribution in [0.5, 0.6) is 5.75 Å². The number of ether oxygens (including phenoxy) is 1. The van der Waals surface area contributed by atoms with Crippen molar-refractivity contribution in [3.63, 3.8) is 0 Å². The van der Waals surface area contributed by atoms with Gasteiger partial charge in [-0.3, -0.25) is 9.59 Å². The van der Waals surface area contributed by atoms with Crippen molar-refractivity contribution >= 4 is 23.2 Å². The van der Waals surface area contributed by atoms with Crippen molar-refractivity contribution in [2.45, 2.75) is 13.5 Å². The van der Waals surface area contributed by atoms with Gasteiger partial charge in [-0.1, -0.05) is 12.1 Å². The average Bonchev–Trinajstić information content (AvgIpc) is 2.96. The first-order chi connectivity index (χ1) is 10.6. The maximum Gasteiger partial charge on any atom is 0.261 e. The molecule has 2 aromatic rings. The summed E-state index contributed by atoms with van der Waals surface area (Å²) in [6, 6.07) is 9.72. The van der Waals surface area contributed by atoms with E-state index >= 15 is 0 Å². The Morgan fingerprint density at radius 2 is 2.00 bits per heavy atom. The second-order valence-corrected chi connectivity index (χ2v) is 6.04. The van der Waals surface area contributed by atoms with Crippen LogP contribution < -0.4 is 15.4 Å². The van der Waals surface area contributed by atoms with Crippen LogP contribution in [0.4, 0.5) is 0 Å². The van der Waals surface area contributed by atoms with Crippen molar-refractivity contribution in [1.29, 1.82) is 0 Å². The molecule has 2 heterocycles. The molecule has 1 aromatic heterocycles. The number of carbonyl (C=O) groups excluding carboxylic acids is 2. The van der Waals surface area contributed by atoms with Gasteiger partial charge in [0.15, 0.2) is 0 Å². The standard InChI is InChI=1S/C16H16N2O3S/c1-10(19)17-6-7-18-16(20)14-8-11-9-21-13-5-3-2-4-12(13)15(11)22-14/h2-5,8H,6-7,9H2,1H3,(H,17,19)(H,18,20). The predicted molar refractivity (Wildman–Crippen MR) is 85.1 cm³/mol. The molecule has 0 radical (unpaired) electrons. The molecule has 0 aliphatic carbocycles.